The highest BCUT2D eigenvalue weighted by Crippen LogP contribution is 2.23. The van der Waals surface area contributed by atoms with Crippen molar-refractivity contribution in [1.29, 1.82) is 0 Å². The molecule has 0 unspecified atom stereocenters. The van der Waals surface area contributed by atoms with E-state index in [2.05, 4.69) is 4.74 Å². The first kappa shape index (κ1) is 8.49. The zero-order chi connectivity index (χ0) is 8.27. The summed E-state index contributed by atoms with van der Waals surface area (Å²) in [5.74, 6) is -0.411. The van der Waals surface area contributed by atoms with Crippen molar-refractivity contribution in [3.05, 3.63) is 0 Å². The van der Waals surface area contributed by atoms with Crippen molar-refractivity contribution in [3.63, 3.8) is 0 Å². The smallest absolute Gasteiger partial charge is 0.325 e. The summed E-state index contributed by atoms with van der Waals surface area (Å²) in [4.78, 5) is 10.7. The van der Waals surface area contributed by atoms with Crippen molar-refractivity contribution < 1.29 is 14.3 Å². The Hall–Kier alpha value is -0.610. The summed E-state index contributed by atoms with van der Waals surface area (Å²) in [6.45, 7) is 0.275. The molecule has 0 radical (unpaired) electrons. The van der Waals surface area contributed by atoms with Gasteiger partial charge in [0.2, 0.25) is 0 Å². The number of rotatable bonds is 4. The molecule has 1 rings (SSSR count). The fraction of sp³-hybridized carbons (Fsp3) is 0.857. The zero-order valence-corrected chi connectivity index (χ0v) is 6.58. The molecule has 4 heteroatoms. The van der Waals surface area contributed by atoms with Gasteiger partial charge in [-0.2, -0.15) is 0 Å². The summed E-state index contributed by atoms with van der Waals surface area (Å²) in [7, 11) is 1.32. The quantitative estimate of drug-likeness (QED) is 0.570. The monoisotopic (exact) mass is 159 g/mol. The Morgan fingerprint density at radius 3 is 2.82 bits per heavy atom. The normalized spacial score (nSPS) is 19.5. The second kappa shape index (κ2) is 3.69. The Labute approximate surface area is 65.7 Å². The van der Waals surface area contributed by atoms with Gasteiger partial charge in [-0.05, 0) is 12.8 Å². The van der Waals surface area contributed by atoms with Crippen molar-refractivity contribution in [2.75, 3.05) is 13.7 Å². The molecule has 0 bridgehead atoms. The maximum atomic E-state index is 10.7. The van der Waals surface area contributed by atoms with Crippen LogP contribution in [0.2, 0.25) is 0 Å². The van der Waals surface area contributed by atoms with E-state index in [0.717, 1.165) is 12.8 Å². The highest BCUT2D eigenvalue weighted by molar-refractivity contribution is 5.75. The molecule has 11 heavy (non-hydrogen) atoms. The lowest BCUT2D eigenvalue weighted by atomic mass is 10.3. The van der Waals surface area contributed by atoms with Crippen LogP contribution in [-0.4, -0.2) is 31.8 Å². The summed E-state index contributed by atoms with van der Waals surface area (Å²) < 4.78 is 9.63. The second-order valence-corrected chi connectivity index (χ2v) is 2.66. The van der Waals surface area contributed by atoms with Crippen molar-refractivity contribution in [3.8, 4) is 0 Å². The van der Waals surface area contributed by atoms with Crippen molar-refractivity contribution in [2.24, 2.45) is 5.73 Å². The number of nitrogens with two attached hydrogens (primary N) is 1. The molecule has 0 saturated heterocycles. The van der Waals surface area contributed by atoms with Crippen LogP contribution in [0.3, 0.4) is 0 Å². The fourth-order valence-electron chi connectivity index (χ4n) is 0.694. The second-order valence-electron chi connectivity index (χ2n) is 2.66. The molecule has 1 fully saturated rings. The molecule has 0 spiro atoms. The van der Waals surface area contributed by atoms with Gasteiger partial charge in [-0.15, -0.1) is 0 Å². The molecule has 1 aliphatic rings. The maximum Gasteiger partial charge on any atom is 0.325 e. The van der Waals surface area contributed by atoms with Crippen molar-refractivity contribution >= 4 is 5.97 Å². The minimum absolute atomic E-state index is 0.275. The average molecular weight is 159 g/mol. The minimum atomic E-state index is -0.624. The van der Waals surface area contributed by atoms with E-state index in [-0.39, 0.29) is 6.61 Å². The highest BCUT2D eigenvalue weighted by atomic mass is 16.5. The lowest BCUT2D eigenvalue weighted by molar-refractivity contribution is -0.143. The van der Waals surface area contributed by atoms with E-state index in [1.165, 1.54) is 7.11 Å². The predicted octanol–water partition coefficient (Wildman–Crippen LogP) is -0.334. The Bertz CT molecular complexity index is 145. The third-order valence-electron chi connectivity index (χ3n) is 1.54. The van der Waals surface area contributed by atoms with Gasteiger partial charge in [0.1, 0.15) is 6.04 Å². The van der Waals surface area contributed by atoms with Crippen LogP contribution in [0.15, 0.2) is 0 Å². The molecule has 0 heterocycles. The Kier molecular flexibility index (Phi) is 2.84. The number of ether oxygens (including phenoxy) is 2. The van der Waals surface area contributed by atoms with Crippen LogP contribution in [0.25, 0.3) is 0 Å². The number of esters is 1. The number of hydrogen-bond donors (Lipinski definition) is 1. The van der Waals surface area contributed by atoms with Gasteiger partial charge in [0, 0.05) is 0 Å². The lowest BCUT2D eigenvalue weighted by Crippen LogP contribution is -2.36. The molecule has 1 aliphatic carbocycles. The SMILES string of the molecule is COC(=O)[C@@H](N)COC1CC1. The predicted molar refractivity (Wildman–Crippen MR) is 39.0 cm³/mol. The Balaban J connectivity index is 2.08. The van der Waals surface area contributed by atoms with Gasteiger partial charge in [0.15, 0.2) is 0 Å². The molecule has 4 nitrogen and oxygen atoms in total. The lowest BCUT2D eigenvalue weighted by Gasteiger charge is -2.08. The Morgan fingerprint density at radius 2 is 2.36 bits per heavy atom. The maximum absolute atomic E-state index is 10.7. The summed E-state index contributed by atoms with van der Waals surface area (Å²) >= 11 is 0. The molecule has 0 aromatic heterocycles. The van der Waals surface area contributed by atoms with Gasteiger partial charge in [0.05, 0.1) is 19.8 Å². The molecule has 1 atom stereocenters. The molecular weight excluding hydrogens is 146 g/mol. The molecule has 0 aliphatic heterocycles. The van der Waals surface area contributed by atoms with E-state index < -0.39 is 12.0 Å². The van der Waals surface area contributed by atoms with Crippen LogP contribution in [0.5, 0.6) is 0 Å². The van der Waals surface area contributed by atoms with Gasteiger partial charge in [-0.1, -0.05) is 0 Å². The zero-order valence-electron chi connectivity index (χ0n) is 6.58. The van der Waals surface area contributed by atoms with Gasteiger partial charge in [-0.25, -0.2) is 0 Å². The first-order chi connectivity index (χ1) is 5.24. The Morgan fingerprint density at radius 1 is 1.73 bits per heavy atom. The number of carbonyl (C=O) groups is 1. The molecule has 0 amide bonds. The molecule has 1 saturated carbocycles. The first-order valence-corrected chi connectivity index (χ1v) is 3.69. The highest BCUT2D eigenvalue weighted by Gasteiger charge is 2.24. The van der Waals surface area contributed by atoms with Crippen LogP contribution < -0.4 is 5.73 Å². The molecular formula is C7H13NO3. The van der Waals surface area contributed by atoms with Crippen molar-refractivity contribution in [2.45, 2.75) is 25.0 Å². The van der Waals surface area contributed by atoms with E-state index in [4.69, 9.17) is 10.5 Å². The van der Waals surface area contributed by atoms with Crippen LogP contribution in [0, 0.1) is 0 Å². The summed E-state index contributed by atoms with van der Waals surface area (Å²) in [5, 5.41) is 0. The van der Waals surface area contributed by atoms with Gasteiger partial charge < -0.3 is 15.2 Å². The standard InChI is InChI=1S/C7H13NO3/c1-10-7(9)6(8)4-11-5-2-3-5/h5-6H,2-4,8H2,1H3/t6-/m0/s1. The molecule has 0 aromatic carbocycles. The van der Waals surface area contributed by atoms with E-state index in [9.17, 15) is 4.79 Å². The number of carbonyl (C=O) groups excluding carboxylic acids is 1. The van der Waals surface area contributed by atoms with Gasteiger partial charge >= 0.3 is 5.97 Å². The summed E-state index contributed by atoms with van der Waals surface area (Å²) in [6, 6.07) is -0.624. The van der Waals surface area contributed by atoms with Gasteiger partial charge in [0.25, 0.3) is 0 Å². The third kappa shape index (κ3) is 2.86. The average Bonchev–Trinajstić information content (AvgIpc) is 2.81. The topological polar surface area (TPSA) is 61.5 Å². The largest absolute Gasteiger partial charge is 0.468 e. The molecule has 2 N–H and O–H groups in total. The van der Waals surface area contributed by atoms with Gasteiger partial charge in [-0.3, -0.25) is 4.79 Å². The fourth-order valence-corrected chi connectivity index (χ4v) is 0.694. The van der Waals surface area contributed by atoms with E-state index in [1.807, 2.05) is 0 Å². The van der Waals surface area contributed by atoms with E-state index >= 15 is 0 Å². The number of methoxy groups -OCH3 is 1. The van der Waals surface area contributed by atoms with Crippen LogP contribution >= 0.6 is 0 Å². The first-order valence-electron chi connectivity index (χ1n) is 3.69. The van der Waals surface area contributed by atoms with E-state index in [0.29, 0.717) is 6.10 Å². The number of hydrogen-bond acceptors (Lipinski definition) is 4. The third-order valence-corrected chi connectivity index (χ3v) is 1.54. The molecule has 0 aromatic rings. The molecule has 64 valence electrons. The van der Waals surface area contributed by atoms with Crippen LogP contribution in [-0.2, 0) is 14.3 Å². The van der Waals surface area contributed by atoms with E-state index in [1.54, 1.807) is 0 Å². The van der Waals surface area contributed by atoms with Crippen LogP contribution in [0.4, 0.5) is 0 Å². The minimum Gasteiger partial charge on any atom is -0.468 e. The summed E-state index contributed by atoms with van der Waals surface area (Å²) in [5.41, 5.74) is 5.40. The van der Waals surface area contributed by atoms with Crippen LogP contribution in [0.1, 0.15) is 12.8 Å². The van der Waals surface area contributed by atoms with Crippen molar-refractivity contribution in [1.82, 2.24) is 0 Å². The summed E-state index contributed by atoms with van der Waals surface area (Å²) in [6.07, 6.45) is 2.52.